The first-order valence-corrected chi connectivity index (χ1v) is 4.19. The zero-order valence-electron chi connectivity index (χ0n) is 8.41. The Morgan fingerprint density at radius 3 is 2.60 bits per heavy atom. The highest BCUT2D eigenvalue weighted by Gasteiger charge is 2.19. The fourth-order valence-corrected chi connectivity index (χ4v) is 1.24. The van der Waals surface area contributed by atoms with Gasteiger partial charge in [-0.15, -0.1) is 0 Å². The summed E-state index contributed by atoms with van der Waals surface area (Å²) in [6.45, 7) is 0.0239. The summed E-state index contributed by atoms with van der Waals surface area (Å²) in [5.74, 6) is -2.18. The van der Waals surface area contributed by atoms with E-state index in [0.29, 0.717) is 0 Å². The molecule has 0 saturated carbocycles. The molecule has 0 atom stereocenters. The van der Waals surface area contributed by atoms with Crippen molar-refractivity contribution < 1.29 is 23.8 Å². The molecular formula is C10H11FO4. The fourth-order valence-electron chi connectivity index (χ4n) is 1.24. The molecular weight excluding hydrogens is 203 g/mol. The van der Waals surface area contributed by atoms with Crippen LogP contribution in [0.25, 0.3) is 0 Å². The molecule has 0 aliphatic heterocycles. The predicted octanol–water partition coefficient (Wildman–Crippen LogP) is 1.68. The average molecular weight is 214 g/mol. The van der Waals surface area contributed by atoms with Gasteiger partial charge in [0.05, 0.1) is 13.7 Å². The molecule has 1 aromatic carbocycles. The Morgan fingerprint density at radius 2 is 2.13 bits per heavy atom. The van der Waals surface area contributed by atoms with Crippen LogP contribution in [0, 0.1) is 5.82 Å². The Morgan fingerprint density at radius 1 is 1.47 bits per heavy atom. The molecule has 0 aliphatic rings. The molecule has 0 amide bonds. The molecule has 15 heavy (non-hydrogen) atoms. The first kappa shape index (κ1) is 11.5. The summed E-state index contributed by atoms with van der Waals surface area (Å²) in [6, 6.07) is 2.84. The van der Waals surface area contributed by atoms with E-state index in [1.807, 2.05) is 0 Å². The van der Waals surface area contributed by atoms with Gasteiger partial charge in [-0.05, 0) is 6.07 Å². The summed E-state index contributed by atoms with van der Waals surface area (Å²) in [5.41, 5.74) is -0.275. The number of halogens is 1. The molecule has 0 spiro atoms. The van der Waals surface area contributed by atoms with E-state index >= 15 is 0 Å². The van der Waals surface area contributed by atoms with Crippen LogP contribution >= 0.6 is 0 Å². The van der Waals surface area contributed by atoms with Gasteiger partial charge in [0, 0.05) is 12.7 Å². The highest BCUT2D eigenvalue weighted by atomic mass is 19.1. The molecule has 1 N–H and O–H groups in total. The Bertz CT molecular complexity index is 376. The van der Waals surface area contributed by atoms with Crippen molar-refractivity contribution in [3.63, 3.8) is 0 Å². The van der Waals surface area contributed by atoms with Crippen LogP contribution in [-0.4, -0.2) is 25.3 Å². The second-order valence-corrected chi connectivity index (χ2v) is 2.85. The summed E-state index contributed by atoms with van der Waals surface area (Å²) >= 11 is 0. The molecule has 0 aliphatic carbocycles. The molecule has 0 fully saturated rings. The Kier molecular flexibility index (Phi) is 3.62. The van der Waals surface area contributed by atoms with E-state index in [0.717, 1.165) is 0 Å². The van der Waals surface area contributed by atoms with Crippen molar-refractivity contribution in [2.45, 2.75) is 6.61 Å². The van der Waals surface area contributed by atoms with E-state index in [1.165, 1.54) is 26.4 Å². The normalized spacial score (nSPS) is 10.1. The highest BCUT2D eigenvalue weighted by Crippen LogP contribution is 2.24. The Balaban J connectivity index is 3.29. The van der Waals surface area contributed by atoms with Gasteiger partial charge in [-0.2, -0.15) is 0 Å². The zero-order chi connectivity index (χ0) is 11.4. The first-order chi connectivity index (χ1) is 7.11. The standard InChI is InChI=1S/C10H11FO4/c1-14-5-6-3-4-7(15-2)8(9(6)11)10(12)13/h3-4H,5H2,1-2H3,(H,12,13). The van der Waals surface area contributed by atoms with Gasteiger partial charge in [0.25, 0.3) is 0 Å². The van der Waals surface area contributed by atoms with Crippen LogP contribution in [0.15, 0.2) is 12.1 Å². The van der Waals surface area contributed by atoms with Crippen molar-refractivity contribution in [3.05, 3.63) is 29.1 Å². The third-order valence-corrected chi connectivity index (χ3v) is 1.92. The summed E-state index contributed by atoms with van der Waals surface area (Å²) < 4.78 is 23.1. The van der Waals surface area contributed by atoms with E-state index in [1.54, 1.807) is 0 Å². The minimum atomic E-state index is -1.36. The first-order valence-electron chi connectivity index (χ1n) is 4.19. The molecule has 0 aromatic heterocycles. The molecule has 1 rings (SSSR count). The Labute approximate surface area is 86.2 Å². The maximum absolute atomic E-state index is 13.6. The van der Waals surface area contributed by atoms with Crippen molar-refractivity contribution in [2.24, 2.45) is 0 Å². The lowest BCUT2D eigenvalue weighted by atomic mass is 10.1. The minimum Gasteiger partial charge on any atom is -0.496 e. The predicted molar refractivity (Wildman–Crippen MR) is 50.6 cm³/mol. The van der Waals surface area contributed by atoms with Crippen molar-refractivity contribution in [1.82, 2.24) is 0 Å². The number of carboxylic acid groups (broad SMARTS) is 1. The number of aromatic carboxylic acids is 1. The van der Waals surface area contributed by atoms with Gasteiger partial charge in [0.1, 0.15) is 17.1 Å². The van der Waals surface area contributed by atoms with Crippen LogP contribution in [0.5, 0.6) is 5.75 Å². The van der Waals surface area contributed by atoms with Crippen molar-refractivity contribution in [3.8, 4) is 5.75 Å². The number of carboxylic acids is 1. The molecule has 0 saturated heterocycles. The van der Waals surface area contributed by atoms with E-state index in [9.17, 15) is 9.18 Å². The van der Waals surface area contributed by atoms with Gasteiger partial charge < -0.3 is 14.6 Å². The highest BCUT2D eigenvalue weighted by molar-refractivity contribution is 5.91. The van der Waals surface area contributed by atoms with Crippen LogP contribution in [0.2, 0.25) is 0 Å². The maximum atomic E-state index is 13.6. The second kappa shape index (κ2) is 4.75. The van der Waals surface area contributed by atoms with Crippen LogP contribution in [-0.2, 0) is 11.3 Å². The van der Waals surface area contributed by atoms with Gasteiger partial charge in [-0.25, -0.2) is 9.18 Å². The van der Waals surface area contributed by atoms with Gasteiger partial charge in [-0.3, -0.25) is 0 Å². The second-order valence-electron chi connectivity index (χ2n) is 2.85. The number of hydrogen-bond acceptors (Lipinski definition) is 3. The van der Waals surface area contributed by atoms with Crippen LogP contribution in [0.3, 0.4) is 0 Å². The fraction of sp³-hybridized carbons (Fsp3) is 0.300. The van der Waals surface area contributed by atoms with E-state index in [2.05, 4.69) is 0 Å². The lowest BCUT2D eigenvalue weighted by Gasteiger charge is -2.09. The summed E-state index contributed by atoms with van der Waals surface area (Å²) in [4.78, 5) is 10.8. The van der Waals surface area contributed by atoms with Crippen molar-refractivity contribution in [2.75, 3.05) is 14.2 Å². The monoisotopic (exact) mass is 214 g/mol. The van der Waals surface area contributed by atoms with Crippen molar-refractivity contribution >= 4 is 5.97 Å². The number of methoxy groups -OCH3 is 2. The molecule has 1 aromatic rings. The third-order valence-electron chi connectivity index (χ3n) is 1.92. The third kappa shape index (κ3) is 2.24. The smallest absolute Gasteiger partial charge is 0.342 e. The number of rotatable bonds is 4. The quantitative estimate of drug-likeness (QED) is 0.828. The SMILES string of the molecule is COCc1ccc(OC)c(C(=O)O)c1F. The van der Waals surface area contributed by atoms with Crippen LogP contribution < -0.4 is 4.74 Å². The molecule has 0 unspecified atom stereocenters. The Hall–Kier alpha value is -1.62. The average Bonchev–Trinajstić information content (AvgIpc) is 2.20. The van der Waals surface area contributed by atoms with E-state index in [4.69, 9.17) is 14.6 Å². The van der Waals surface area contributed by atoms with Gasteiger partial charge in [0.15, 0.2) is 0 Å². The van der Waals surface area contributed by atoms with E-state index in [-0.39, 0.29) is 17.9 Å². The molecule has 82 valence electrons. The molecule has 5 heteroatoms. The van der Waals surface area contributed by atoms with Crippen molar-refractivity contribution in [1.29, 1.82) is 0 Å². The summed E-state index contributed by atoms with van der Waals surface area (Å²) in [6.07, 6.45) is 0. The number of ether oxygens (including phenoxy) is 2. The number of hydrogen-bond donors (Lipinski definition) is 1. The zero-order valence-corrected chi connectivity index (χ0v) is 8.41. The lowest BCUT2D eigenvalue weighted by Crippen LogP contribution is -2.07. The molecule has 0 radical (unpaired) electrons. The summed E-state index contributed by atoms with van der Waals surface area (Å²) in [5, 5.41) is 8.81. The maximum Gasteiger partial charge on any atom is 0.342 e. The van der Waals surface area contributed by atoms with Crippen LogP contribution in [0.1, 0.15) is 15.9 Å². The number of benzene rings is 1. The number of carbonyl (C=O) groups is 1. The largest absolute Gasteiger partial charge is 0.496 e. The molecule has 0 bridgehead atoms. The van der Waals surface area contributed by atoms with E-state index < -0.39 is 17.3 Å². The molecule has 0 heterocycles. The lowest BCUT2D eigenvalue weighted by molar-refractivity contribution is 0.0687. The van der Waals surface area contributed by atoms with Crippen LogP contribution in [0.4, 0.5) is 4.39 Å². The van der Waals surface area contributed by atoms with Gasteiger partial charge >= 0.3 is 5.97 Å². The summed E-state index contributed by atoms with van der Waals surface area (Å²) in [7, 11) is 2.70. The topological polar surface area (TPSA) is 55.8 Å². The van der Waals surface area contributed by atoms with Gasteiger partial charge in [0.2, 0.25) is 0 Å². The van der Waals surface area contributed by atoms with Gasteiger partial charge in [-0.1, -0.05) is 6.07 Å². The molecule has 4 nitrogen and oxygen atoms in total. The minimum absolute atomic E-state index is 0.000136.